The van der Waals surface area contributed by atoms with Crippen LogP contribution in [0, 0.1) is 0 Å². The fourth-order valence-corrected chi connectivity index (χ4v) is 3.47. The maximum Gasteiger partial charge on any atom is 0.406 e. The molecular weight excluding hydrogens is 386 g/mol. The van der Waals surface area contributed by atoms with E-state index in [1.165, 1.54) is 17.0 Å². The monoisotopic (exact) mass is 395 g/mol. The molecule has 3 aromatic heterocycles. The zero-order chi connectivity index (χ0) is 18.5. The van der Waals surface area contributed by atoms with E-state index in [0.717, 1.165) is 0 Å². The summed E-state index contributed by atoms with van der Waals surface area (Å²) >= 11 is 12.1. The molecule has 26 heavy (non-hydrogen) atoms. The van der Waals surface area contributed by atoms with Crippen molar-refractivity contribution in [3.05, 3.63) is 59.1 Å². The second-order valence-corrected chi connectivity index (χ2v) is 6.64. The first-order chi connectivity index (χ1) is 12.3. The third-order valence-corrected chi connectivity index (χ3v) is 4.54. The quantitative estimate of drug-likeness (QED) is 0.382. The van der Waals surface area contributed by atoms with Crippen molar-refractivity contribution in [1.29, 1.82) is 0 Å². The molecule has 0 radical (unpaired) electrons. The number of fused-ring (bicyclic) bond motifs is 3. The van der Waals surface area contributed by atoms with Crippen LogP contribution in [0.25, 0.3) is 32.9 Å². The van der Waals surface area contributed by atoms with Crippen molar-refractivity contribution in [1.82, 2.24) is 14.5 Å². The molecule has 0 aliphatic rings. The van der Waals surface area contributed by atoms with Crippen molar-refractivity contribution in [2.24, 2.45) is 0 Å². The van der Waals surface area contributed by atoms with Gasteiger partial charge >= 0.3 is 6.18 Å². The minimum Gasteiger partial charge on any atom is -0.329 e. The van der Waals surface area contributed by atoms with Crippen LogP contribution in [-0.4, -0.2) is 20.7 Å². The summed E-state index contributed by atoms with van der Waals surface area (Å²) in [5.41, 5.74) is 2.00. The van der Waals surface area contributed by atoms with Gasteiger partial charge in [0.25, 0.3) is 0 Å². The average Bonchev–Trinajstić information content (AvgIpc) is 2.88. The fraction of sp³-hybridized carbons (Fsp3) is 0.111. The predicted molar refractivity (Wildman–Crippen MR) is 96.5 cm³/mol. The summed E-state index contributed by atoms with van der Waals surface area (Å²) in [5.74, 6) is 0. The topological polar surface area (TPSA) is 30.7 Å². The molecule has 0 fully saturated rings. The molecule has 0 aliphatic heterocycles. The summed E-state index contributed by atoms with van der Waals surface area (Å²) < 4.78 is 41.0. The second-order valence-electron chi connectivity index (χ2n) is 5.81. The molecule has 0 bridgehead atoms. The lowest BCUT2D eigenvalue weighted by Gasteiger charge is -2.13. The smallest absolute Gasteiger partial charge is 0.329 e. The molecule has 3 heterocycles. The van der Waals surface area contributed by atoms with Crippen molar-refractivity contribution < 1.29 is 13.2 Å². The molecule has 0 saturated carbocycles. The Morgan fingerprint density at radius 3 is 2.50 bits per heavy atom. The van der Waals surface area contributed by atoms with E-state index in [4.69, 9.17) is 23.2 Å². The zero-order valence-corrected chi connectivity index (χ0v) is 14.6. The van der Waals surface area contributed by atoms with Crippen LogP contribution in [-0.2, 0) is 6.54 Å². The van der Waals surface area contributed by atoms with Gasteiger partial charge in [0.15, 0.2) is 0 Å². The van der Waals surface area contributed by atoms with Gasteiger partial charge in [-0.1, -0.05) is 23.2 Å². The van der Waals surface area contributed by atoms with Gasteiger partial charge < -0.3 is 4.57 Å². The highest BCUT2D eigenvalue weighted by molar-refractivity contribution is 6.33. The van der Waals surface area contributed by atoms with Crippen molar-refractivity contribution in [3.8, 4) is 11.1 Å². The van der Waals surface area contributed by atoms with Crippen molar-refractivity contribution >= 4 is 45.0 Å². The lowest BCUT2D eigenvalue weighted by molar-refractivity contribution is -0.139. The van der Waals surface area contributed by atoms with E-state index in [0.29, 0.717) is 43.1 Å². The van der Waals surface area contributed by atoms with Gasteiger partial charge in [-0.25, -0.2) is 4.98 Å². The number of halogens is 5. The van der Waals surface area contributed by atoms with E-state index in [1.54, 1.807) is 36.5 Å². The van der Waals surface area contributed by atoms with E-state index < -0.39 is 12.7 Å². The molecule has 132 valence electrons. The van der Waals surface area contributed by atoms with Gasteiger partial charge in [-0.3, -0.25) is 4.98 Å². The van der Waals surface area contributed by atoms with Gasteiger partial charge in [0, 0.05) is 39.3 Å². The van der Waals surface area contributed by atoms with Gasteiger partial charge in [0.05, 0.1) is 17.2 Å². The van der Waals surface area contributed by atoms with Crippen LogP contribution < -0.4 is 0 Å². The third-order valence-electron chi connectivity index (χ3n) is 4.10. The summed E-state index contributed by atoms with van der Waals surface area (Å²) in [7, 11) is 0. The van der Waals surface area contributed by atoms with Crippen molar-refractivity contribution in [2.75, 3.05) is 0 Å². The Hall–Kier alpha value is -2.31. The highest BCUT2D eigenvalue weighted by atomic mass is 35.5. The molecule has 8 heteroatoms. The van der Waals surface area contributed by atoms with E-state index >= 15 is 0 Å². The van der Waals surface area contributed by atoms with Crippen LogP contribution in [0.2, 0.25) is 10.2 Å². The molecular formula is C18H10Cl2F3N3. The zero-order valence-electron chi connectivity index (χ0n) is 13.1. The Bertz CT molecular complexity index is 1120. The van der Waals surface area contributed by atoms with E-state index in [9.17, 15) is 13.2 Å². The summed E-state index contributed by atoms with van der Waals surface area (Å²) in [6.07, 6.45) is 0.105. The van der Waals surface area contributed by atoms with E-state index in [2.05, 4.69) is 9.97 Å². The highest BCUT2D eigenvalue weighted by Gasteiger charge is 2.30. The van der Waals surface area contributed by atoms with Gasteiger partial charge in [-0.05, 0) is 30.3 Å². The van der Waals surface area contributed by atoms with Gasteiger partial charge in [-0.2, -0.15) is 13.2 Å². The van der Waals surface area contributed by atoms with Crippen LogP contribution in [0.4, 0.5) is 13.2 Å². The normalized spacial score (nSPS) is 12.2. The number of pyridine rings is 2. The second kappa shape index (κ2) is 6.14. The number of hydrogen-bond donors (Lipinski definition) is 0. The van der Waals surface area contributed by atoms with Crippen LogP contribution in [0.15, 0.2) is 48.9 Å². The molecule has 0 unspecified atom stereocenters. The SMILES string of the molecule is FC(F)(F)Cn1c2cnccc2c2cc(Cl)cc(-c3ccc(Cl)nc3)c21. The van der Waals surface area contributed by atoms with Crippen LogP contribution in [0.1, 0.15) is 0 Å². The summed E-state index contributed by atoms with van der Waals surface area (Å²) in [5, 5.41) is 2.01. The number of aromatic nitrogens is 3. The standard InChI is InChI=1S/C18H10Cl2F3N3/c19-11-5-13(10-1-2-16(20)25-7-10)17-14(6-11)12-3-4-24-8-15(12)26(17)9-18(21,22)23/h1-8H,9H2. The Kier molecular flexibility index (Phi) is 4.04. The lowest BCUT2D eigenvalue weighted by atomic mass is 10.0. The van der Waals surface area contributed by atoms with E-state index in [1.807, 2.05) is 0 Å². The Morgan fingerprint density at radius 1 is 1.00 bits per heavy atom. The number of alkyl halides is 3. The Balaban J connectivity index is 2.13. The molecule has 0 atom stereocenters. The summed E-state index contributed by atoms with van der Waals surface area (Å²) in [6, 6.07) is 8.27. The Labute approximate surface area is 156 Å². The minimum absolute atomic E-state index is 0.298. The van der Waals surface area contributed by atoms with Crippen molar-refractivity contribution in [3.63, 3.8) is 0 Å². The number of benzene rings is 1. The van der Waals surface area contributed by atoms with E-state index in [-0.39, 0.29) is 0 Å². The molecule has 1 aromatic carbocycles. The molecule has 0 amide bonds. The van der Waals surface area contributed by atoms with Gasteiger partial charge in [-0.15, -0.1) is 0 Å². The summed E-state index contributed by atoms with van der Waals surface area (Å²) in [6.45, 7) is -1.13. The molecule has 0 N–H and O–H groups in total. The first kappa shape index (κ1) is 17.1. The fourth-order valence-electron chi connectivity index (χ4n) is 3.14. The first-order valence-electron chi connectivity index (χ1n) is 7.57. The molecule has 3 nitrogen and oxygen atoms in total. The van der Waals surface area contributed by atoms with Crippen LogP contribution >= 0.6 is 23.2 Å². The highest BCUT2D eigenvalue weighted by Crippen LogP contribution is 2.39. The molecule has 0 spiro atoms. The first-order valence-corrected chi connectivity index (χ1v) is 8.33. The molecule has 4 rings (SSSR count). The summed E-state index contributed by atoms with van der Waals surface area (Å²) in [4.78, 5) is 8.01. The number of nitrogens with zero attached hydrogens (tertiary/aromatic N) is 3. The number of hydrogen-bond acceptors (Lipinski definition) is 2. The van der Waals surface area contributed by atoms with Gasteiger partial charge in [0.2, 0.25) is 0 Å². The van der Waals surface area contributed by atoms with Crippen LogP contribution in [0.3, 0.4) is 0 Å². The largest absolute Gasteiger partial charge is 0.406 e. The van der Waals surface area contributed by atoms with Crippen LogP contribution in [0.5, 0.6) is 0 Å². The third kappa shape index (κ3) is 2.99. The maximum atomic E-state index is 13.2. The molecule has 0 saturated heterocycles. The average molecular weight is 396 g/mol. The number of rotatable bonds is 2. The minimum atomic E-state index is -4.39. The molecule has 0 aliphatic carbocycles. The molecule has 4 aromatic rings. The van der Waals surface area contributed by atoms with Crippen molar-refractivity contribution in [2.45, 2.75) is 12.7 Å². The Morgan fingerprint density at radius 2 is 1.81 bits per heavy atom. The maximum absolute atomic E-state index is 13.2. The lowest BCUT2D eigenvalue weighted by Crippen LogP contribution is -2.17. The predicted octanol–water partition coefficient (Wildman–Crippen LogP) is 6.12. The van der Waals surface area contributed by atoms with Gasteiger partial charge in [0.1, 0.15) is 11.7 Å².